The van der Waals surface area contributed by atoms with E-state index in [0.29, 0.717) is 12.8 Å². The predicted molar refractivity (Wildman–Crippen MR) is 176 cm³/mol. The number of carbonyl (C=O) groups excluding carboxylic acids is 2. The zero-order valence-corrected chi connectivity index (χ0v) is 27.0. The van der Waals surface area contributed by atoms with Gasteiger partial charge in [0.25, 0.3) is 0 Å². The van der Waals surface area contributed by atoms with Crippen LogP contribution in [0.3, 0.4) is 0 Å². The van der Waals surface area contributed by atoms with E-state index in [1.807, 2.05) is 83.1 Å². The molecule has 1 saturated heterocycles. The first kappa shape index (κ1) is 31.8. The highest BCUT2D eigenvalue weighted by Gasteiger charge is 2.51. The molecule has 1 aliphatic heterocycles. The van der Waals surface area contributed by atoms with Crippen molar-refractivity contribution in [3.8, 4) is 11.1 Å². The number of alkyl carbamates (subject to hydrolysis) is 1. The van der Waals surface area contributed by atoms with E-state index in [0.717, 1.165) is 11.2 Å². The van der Waals surface area contributed by atoms with E-state index in [9.17, 15) is 9.59 Å². The molecular formula is C36H45BN2O5. The first-order chi connectivity index (χ1) is 20.9. The Morgan fingerprint density at radius 3 is 1.91 bits per heavy atom. The van der Waals surface area contributed by atoms with E-state index in [1.54, 1.807) is 0 Å². The largest absolute Gasteiger partial charge is 0.494 e. The van der Waals surface area contributed by atoms with Gasteiger partial charge in [0.1, 0.15) is 6.61 Å². The quantitative estimate of drug-likeness (QED) is 0.249. The van der Waals surface area contributed by atoms with Gasteiger partial charge in [-0.1, -0.05) is 81.4 Å². The van der Waals surface area contributed by atoms with Crippen LogP contribution in [0.2, 0.25) is 0 Å². The standard InChI is InChI=1S/C36H45BN2O5/c1-23(2)32(39-34(41)42-22-31-29-14-10-8-12-27(29)28-13-9-11-15-30(28)31)21-16-24(3)33(40)38-26-19-17-25(18-20-26)37-43-35(4,5)36(6,7)44-37/h8-15,17-20,23-24,31-32H,16,21-22H2,1-7H3,(H,38,40)(H,39,41)/t24-,32?/m1/s1. The van der Waals surface area contributed by atoms with Crippen molar-refractivity contribution < 1.29 is 23.6 Å². The molecule has 2 amide bonds. The number of hydrogen-bond acceptors (Lipinski definition) is 5. The lowest BCUT2D eigenvalue weighted by molar-refractivity contribution is -0.119. The maximum atomic E-state index is 13.0. The number of anilines is 1. The van der Waals surface area contributed by atoms with Crippen LogP contribution in [0.5, 0.6) is 0 Å². The molecule has 7 nitrogen and oxygen atoms in total. The summed E-state index contributed by atoms with van der Waals surface area (Å²) in [7, 11) is -0.444. The topological polar surface area (TPSA) is 85.9 Å². The van der Waals surface area contributed by atoms with Gasteiger partial charge in [-0.2, -0.15) is 0 Å². The van der Waals surface area contributed by atoms with Crippen molar-refractivity contribution in [1.29, 1.82) is 0 Å². The van der Waals surface area contributed by atoms with Crippen LogP contribution in [-0.4, -0.2) is 43.0 Å². The molecule has 8 heteroatoms. The van der Waals surface area contributed by atoms with Gasteiger partial charge in [-0.25, -0.2) is 4.79 Å². The second kappa shape index (κ2) is 12.8. The van der Waals surface area contributed by atoms with Crippen molar-refractivity contribution in [1.82, 2.24) is 5.32 Å². The number of hydrogen-bond donors (Lipinski definition) is 2. The number of fused-ring (bicyclic) bond motifs is 3. The van der Waals surface area contributed by atoms with Gasteiger partial charge < -0.3 is 24.7 Å². The van der Waals surface area contributed by atoms with Gasteiger partial charge in [-0.15, -0.1) is 0 Å². The van der Waals surface area contributed by atoms with Gasteiger partial charge in [0.15, 0.2) is 0 Å². The first-order valence-electron chi connectivity index (χ1n) is 15.7. The van der Waals surface area contributed by atoms with E-state index in [1.165, 1.54) is 22.3 Å². The summed E-state index contributed by atoms with van der Waals surface area (Å²) in [6, 6.07) is 24.1. The molecule has 1 unspecified atom stereocenters. The van der Waals surface area contributed by atoms with Crippen LogP contribution >= 0.6 is 0 Å². The van der Waals surface area contributed by atoms with Gasteiger partial charge in [-0.05, 0) is 86.3 Å². The summed E-state index contributed by atoms with van der Waals surface area (Å²) >= 11 is 0. The Hall–Kier alpha value is -3.62. The monoisotopic (exact) mass is 596 g/mol. The number of benzene rings is 3. The molecule has 5 rings (SSSR count). The van der Waals surface area contributed by atoms with E-state index in [4.69, 9.17) is 14.0 Å². The Bertz CT molecular complexity index is 1420. The fourth-order valence-electron chi connectivity index (χ4n) is 5.89. The number of ether oxygens (including phenoxy) is 1. The zero-order chi connectivity index (χ0) is 31.6. The van der Waals surface area contributed by atoms with Crippen LogP contribution in [0, 0.1) is 11.8 Å². The normalized spacial score (nSPS) is 18.0. The Labute approximate surface area is 262 Å². The molecule has 0 bridgehead atoms. The molecule has 1 fully saturated rings. The van der Waals surface area contributed by atoms with Crippen LogP contribution in [0.25, 0.3) is 11.1 Å². The highest BCUT2D eigenvalue weighted by molar-refractivity contribution is 6.62. The molecule has 0 radical (unpaired) electrons. The number of carbonyl (C=O) groups is 2. The maximum Gasteiger partial charge on any atom is 0.494 e. The Morgan fingerprint density at radius 2 is 1.36 bits per heavy atom. The summed E-state index contributed by atoms with van der Waals surface area (Å²) in [4.78, 5) is 25.9. The molecule has 1 aliphatic carbocycles. The molecule has 2 atom stereocenters. The lowest BCUT2D eigenvalue weighted by Gasteiger charge is -2.32. The number of amides is 2. The Balaban J connectivity index is 1.10. The molecule has 44 heavy (non-hydrogen) atoms. The van der Waals surface area contributed by atoms with Crippen LogP contribution in [0.1, 0.15) is 78.4 Å². The highest BCUT2D eigenvalue weighted by atomic mass is 16.7. The van der Waals surface area contributed by atoms with Gasteiger partial charge in [-0.3, -0.25) is 4.79 Å². The van der Waals surface area contributed by atoms with Gasteiger partial charge in [0.2, 0.25) is 5.91 Å². The summed E-state index contributed by atoms with van der Waals surface area (Å²) in [5, 5.41) is 6.08. The zero-order valence-electron chi connectivity index (χ0n) is 27.0. The summed E-state index contributed by atoms with van der Waals surface area (Å²) in [5.74, 6) is -0.0889. The van der Waals surface area contributed by atoms with Crippen molar-refractivity contribution in [2.45, 2.75) is 84.5 Å². The van der Waals surface area contributed by atoms with E-state index in [2.05, 4.69) is 48.7 Å². The predicted octanol–water partition coefficient (Wildman–Crippen LogP) is 6.90. The molecular weight excluding hydrogens is 551 g/mol. The molecule has 0 spiro atoms. The summed E-state index contributed by atoms with van der Waals surface area (Å²) in [6.45, 7) is 14.4. The van der Waals surface area contributed by atoms with Crippen LogP contribution in [0.15, 0.2) is 72.8 Å². The van der Waals surface area contributed by atoms with Crippen molar-refractivity contribution in [3.05, 3.63) is 83.9 Å². The summed E-state index contributed by atoms with van der Waals surface area (Å²) in [6.07, 6.45) is 0.867. The maximum absolute atomic E-state index is 13.0. The lowest BCUT2D eigenvalue weighted by Crippen LogP contribution is -2.41. The highest BCUT2D eigenvalue weighted by Crippen LogP contribution is 2.44. The molecule has 0 saturated carbocycles. The SMILES string of the molecule is CC(C)C(CC[C@@H](C)C(=O)Nc1ccc(B2OC(C)(C)C(C)(C)O2)cc1)NC(=O)OCC1c2ccccc2-c2ccccc21. The fraction of sp³-hybridized carbons (Fsp3) is 0.444. The molecule has 232 valence electrons. The third-order valence-corrected chi connectivity index (χ3v) is 9.51. The van der Waals surface area contributed by atoms with Crippen molar-refractivity contribution in [2.75, 3.05) is 11.9 Å². The van der Waals surface area contributed by atoms with Gasteiger partial charge in [0.05, 0.1) is 11.2 Å². The van der Waals surface area contributed by atoms with Crippen LogP contribution in [-0.2, 0) is 18.8 Å². The van der Waals surface area contributed by atoms with Crippen molar-refractivity contribution in [3.63, 3.8) is 0 Å². The summed E-state index contributed by atoms with van der Waals surface area (Å²) < 4.78 is 18.0. The number of rotatable bonds is 10. The second-order valence-electron chi connectivity index (χ2n) is 13.5. The molecule has 2 N–H and O–H groups in total. The smallest absolute Gasteiger partial charge is 0.449 e. The molecule has 2 aliphatic rings. The Morgan fingerprint density at radius 1 is 0.818 bits per heavy atom. The minimum Gasteiger partial charge on any atom is -0.449 e. The van der Waals surface area contributed by atoms with Gasteiger partial charge in [0, 0.05) is 23.6 Å². The fourth-order valence-corrected chi connectivity index (χ4v) is 5.89. The molecule has 0 aromatic heterocycles. The van der Waals surface area contributed by atoms with Crippen LogP contribution < -0.4 is 16.1 Å². The summed E-state index contributed by atoms with van der Waals surface area (Å²) in [5.41, 5.74) is 5.58. The number of nitrogens with one attached hydrogen (secondary N) is 2. The molecule has 1 heterocycles. The molecule has 3 aromatic rings. The Kier molecular flexibility index (Phi) is 9.24. The molecule has 3 aromatic carbocycles. The average molecular weight is 597 g/mol. The minimum atomic E-state index is -0.444. The van der Waals surface area contributed by atoms with Gasteiger partial charge >= 0.3 is 13.2 Å². The average Bonchev–Trinajstić information content (AvgIpc) is 3.42. The van der Waals surface area contributed by atoms with Crippen molar-refractivity contribution >= 4 is 30.3 Å². The second-order valence-corrected chi connectivity index (χ2v) is 13.5. The van der Waals surface area contributed by atoms with E-state index < -0.39 is 24.4 Å². The lowest BCUT2D eigenvalue weighted by atomic mass is 9.79. The third kappa shape index (κ3) is 6.71. The first-order valence-corrected chi connectivity index (χ1v) is 15.7. The van der Waals surface area contributed by atoms with Crippen molar-refractivity contribution in [2.24, 2.45) is 11.8 Å². The van der Waals surface area contributed by atoms with E-state index in [-0.39, 0.29) is 36.3 Å². The van der Waals surface area contributed by atoms with Crippen LogP contribution in [0.4, 0.5) is 10.5 Å². The third-order valence-electron chi connectivity index (χ3n) is 9.51. The minimum absolute atomic E-state index is 0.0142. The van der Waals surface area contributed by atoms with E-state index >= 15 is 0 Å².